The molecule has 2 amide bonds. The topological polar surface area (TPSA) is 251 Å². The van der Waals surface area contributed by atoms with Gasteiger partial charge in [-0.15, -0.1) is 23.1 Å². The van der Waals surface area contributed by atoms with E-state index in [2.05, 4.69) is 20.6 Å². The van der Waals surface area contributed by atoms with Crippen LogP contribution in [0.2, 0.25) is 10.0 Å². The highest BCUT2D eigenvalue weighted by Gasteiger charge is 2.54. The minimum absolute atomic E-state index is 0.0205. The lowest BCUT2D eigenvalue weighted by Crippen LogP contribution is -2.71. The molecule has 5 rings (SSSR count). The number of phenols is 2. The Morgan fingerprint density at radius 1 is 1.21 bits per heavy atom. The lowest BCUT2D eigenvalue weighted by molar-refractivity contribution is -0.161. The number of nitrogen functional groups attached to an aromatic ring is 1. The highest BCUT2D eigenvalue weighted by Crippen LogP contribution is 2.45. The molecule has 2 atom stereocenters. The summed E-state index contributed by atoms with van der Waals surface area (Å²) in [6.07, 6.45) is 2.84. The predicted molar refractivity (Wildman–Crippen MR) is 170 cm³/mol. The number of carboxylic acids is 2. The number of oxime groups is 1. The summed E-state index contributed by atoms with van der Waals surface area (Å²) in [5.41, 5.74) is 3.69. The number of anilines is 1. The van der Waals surface area contributed by atoms with Crippen molar-refractivity contribution in [3.63, 3.8) is 0 Å². The fourth-order valence-corrected chi connectivity index (χ4v) is 6.55. The summed E-state index contributed by atoms with van der Waals surface area (Å²) in [4.78, 5) is 60.3. The summed E-state index contributed by atoms with van der Waals surface area (Å²) in [6, 6.07) is 1.56. The number of thioether (sulfide) groups is 1. The number of aromatic hydroxyl groups is 2. The first-order chi connectivity index (χ1) is 22.1. The molecular weight excluding hydrogens is 703 g/mol. The Bertz CT molecular complexity index is 1920. The van der Waals surface area contributed by atoms with Gasteiger partial charge in [0.05, 0.1) is 10.0 Å². The third kappa shape index (κ3) is 6.44. The number of nitrogens with one attached hydrogen (secondary N) is 1. The number of amides is 2. The van der Waals surface area contributed by atoms with E-state index in [1.165, 1.54) is 55.3 Å². The minimum atomic E-state index is -1.80. The summed E-state index contributed by atoms with van der Waals surface area (Å²) >= 11 is 14.2. The zero-order chi connectivity index (χ0) is 34.4. The van der Waals surface area contributed by atoms with Crippen molar-refractivity contribution in [3.05, 3.63) is 56.4 Å². The molecule has 2 aliphatic rings. The van der Waals surface area contributed by atoms with Gasteiger partial charge in [0.1, 0.15) is 28.5 Å². The van der Waals surface area contributed by atoms with Crippen LogP contribution in [0.15, 0.2) is 44.5 Å². The van der Waals surface area contributed by atoms with Gasteiger partial charge in [-0.05, 0) is 31.6 Å². The zero-order valence-electron chi connectivity index (χ0n) is 23.9. The number of nitrogens with two attached hydrogens (primary N) is 1. The maximum absolute atomic E-state index is 13.3. The molecule has 0 radical (unpaired) electrons. The summed E-state index contributed by atoms with van der Waals surface area (Å²) in [5, 5.41) is 49.5. The van der Waals surface area contributed by atoms with Gasteiger partial charge < -0.3 is 40.8 Å². The van der Waals surface area contributed by atoms with E-state index in [1.807, 2.05) is 0 Å². The number of carbonyl (C=O) groups excluding carboxylic acids is 2. The van der Waals surface area contributed by atoms with Crippen molar-refractivity contribution in [1.82, 2.24) is 20.4 Å². The monoisotopic (exact) mass is 724 g/mol. The van der Waals surface area contributed by atoms with E-state index >= 15 is 0 Å². The predicted octanol–water partition coefficient (Wildman–Crippen LogP) is 3.13. The molecule has 2 aromatic heterocycles. The van der Waals surface area contributed by atoms with Crippen LogP contribution in [-0.4, -0.2) is 87.7 Å². The summed E-state index contributed by atoms with van der Waals surface area (Å²) in [5.74, 6) is -5.35. The number of halogens is 2. The first-order valence-corrected chi connectivity index (χ1v) is 15.8. The van der Waals surface area contributed by atoms with Crippen molar-refractivity contribution in [2.45, 2.75) is 30.9 Å². The average Bonchev–Trinajstić information content (AvgIpc) is 3.67. The largest absolute Gasteiger partial charge is 0.503 e. The second-order valence-electron chi connectivity index (χ2n) is 10.3. The second-order valence-corrected chi connectivity index (χ2v) is 13.1. The zero-order valence-corrected chi connectivity index (χ0v) is 27.1. The Morgan fingerprint density at radius 2 is 1.94 bits per heavy atom. The van der Waals surface area contributed by atoms with E-state index in [9.17, 15) is 39.6 Å². The normalized spacial score (nSPS) is 18.3. The Kier molecular flexibility index (Phi) is 9.13. The van der Waals surface area contributed by atoms with E-state index in [0.717, 1.165) is 16.2 Å². The fourth-order valence-electron chi connectivity index (χ4n) is 4.25. The third-order valence-electron chi connectivity index (χ3n) is 6.77. The van der Waals surface area contributed by atoms with Crippen LogP contribution < -0.4 is 11.1 Å². The smallest absolute Gasteiger partial charge is 0.352 e. The lowest BCUT2D eigenvalue weighted by Gasteiger charge is -2.49. The Labute approximate surface area is 282 Å². The van der Waals surface area contributed by atoms with E-state index in [-0.39, 0.29) is 54.9 Å². The number of thiazole rings is 1. The molecule has 246 valence electrons. The molecule has 20 heteroatoms. The van der Waals surface area contributed by atoms with E-state index in [4.69, 9.17) is 38.3 Å². The van der Waals surface area contributed by atoms with Gasteiger partial charge in [0, 0.05) is 22.8 Å². The molecule has 2 unspecified atom stereocenters. The molecule has 0 aliphatic carbocycles. The molecule has 1 saturated heterocycles. The van der Waals surface area contributed by atoms with Gasteiger partial charge >= 0.3 is 11.9 Å². The number of allylic oxidation sites excluding steroid dienone is 1. The van der Waals surface area contributed by atoms with Gasteiger partial charge in [0.2, 0.25) is 5.60 Å². The molecule has 1 aromatic carbocycles. The Hall–Kier alpha value is -4.78. The van der Waals surface area contributed by atoms with Gasteiger partial charge in [0.25, 0.3) is 11.8 Å². The SMILES string of the molecule is CC(C)(O/N=C(\C(=O)NC1C(=O)N2C(C(=O)O)=C(/C=C/c3cc(-c4cc(Cl)c(O)c(O)c4Cl)no3)CSC12)c1csc(N)n1)C(=O)O. The molecule has 3 aromatic rings. The average molecular weight is 726 g/mol. The maximum atomic E-state index is 13.3. The molecule has 0 saturated carbocycles. The number of carboxylic acid groups (broad SMARTS) is 2. The summed E-state index contributed by atoms with van der Waals surface area (Å²) < 4.78 is 5.28. The van der Waals surface area contributed by atoms with Crippen molar-refractivity contribution < 1.29 is 49.0 Å². The van der Waals surface area contributed by atoms with Crippen LogP contribution in [-0.2, 0) is 24.0 Å². The number of nitrogens with zero attached hydrogens (tertiary/aromatic N) is 4. The number of carbonyl (C=O) groups is 4. The van der Waals surface area contributed by atoms with E-state index in [0.29, 0.717) is 0 Å². The second kappa shape index (κ2) is 12.8. The highest BCUT2D eigenvalue weighted by molar-refractivity contribution is 8.00. The number of hydrogen-bond donors (Lipinski definition) is 6. The Morgan fingerprint density at radius 3 is 2.57 bits per heavy atom. The van der Waals surface area contributed by atoms with Crippen LogP contribution in [0, 0.1) is 0 Å². The van der Waals surface area contributed by atoms with Crippen LogP contribution in [0.4, 0.5) is 5.13 Å². The van der Waals surface area contributed by atoms with Crippen molar-refractivity contribution in [3.8, 4) is 22.8 Å². The quantitative estimate of drug-likeness (QED) is 0.0761. The van der Waals surface area contributed by atoms with Crippen molar-refractivity contribution in [1.29, 1.82) is 0 Å². The Balaban J connectivity index is 1.35. The summed E-state index contributed by atoms with van der Waals surface area (Å²) in [7, 11) is 0. The molecule has 1 fully saturated rings. The third-order valence-corrected chi connectivity index (χ3v) is 9.41. The number of fused-ring (bicyclic) bond motifs is 1. The fraction of sp³-hybridized carbons (Fsp3) is 0.222. The number of rotatable bonds is 10. The summed E-state index contributed by atoms with van der Waals surface area (Å²) in [6.45, 7) is 2.44. The minimum Gasteiger partial charge on any atom is -0.503 e. The highest BCUT2D eigenvalue weighted by atomic mass is 35.5. The van der Waals surface area contributed by atoms with Gasteiger partial charge in [-0.2, -0.15) is 0 Å². The van der Waals surface area contributed by atoms with Crippen LogP contribution in [0.1, 0.15) is 25.3 Å². The van der Waals surface area contributed by atoms with Gasteiger partial charge in [0.15, 0.2) is 28.1 Å². The molecular formula is C27H22Cl2N6O10S2. The standard InChI is InChI=1S/C27H22Cl2N6O10S2/c1-27(2,25(42)43)45-34-16(14-8-47-26(30)31-14)21(38)32-17-22(39)35-18(24(40)41)9(7-46-23(17)35)3-4-10-5-13(33-44-10)11-6-12(28)19(36)20(37)15(11)29/h3-6,8,17,23,36-37H,7H2,1-2H3,(H2,30,31)(H,32,38)(H,40,41)(H,42,43)/b4-3+,34-16-. The molecule has 4 heterocycles. The van der Waals surface area contributed by atoms with Crippen molar-refractivity contribution >= 4 is 87.0 Å². The van der Waals surface area contributed by atoms with Crippen LogP contribution >= 0.6 is 46.3 Å². The molecule has 16 nitrogen and oxygen atoms in total. The first kappa shape index (κ1) is 33.6. The van der Waals surface area contributed by atoms with Gasteiger partial charge in [-0.25, -0.2) is 14.6 Å². The van der Waals surface area contributed by atoms with Gasteiger partial charge in [-0.3, -0.25) is 14.5 Å². The molecule has 47 heavy (non-hydrogen) atoms. The van der Waals surface area contributed by atoms with Crippen molar-refractivity contribution in [2.24, 2.45) is 5.16 Å². The van der Waals surface area contributed by atoms with E-state index < -0.39 is 58.0 Å². The number of phenolic OH excluding ortho intramolecular Hbond substituents is 2. The molecule has 2 aliphatic heterocycles. The van der Waals surface area contributed by atoms with Crippen molar-refractivity contribution in [2.75, 3.05) is 11.5 Å². The number of aliphatic carboxylic acids is 2. The molecule has 0 bridgehead atoms. The number of hydrogen-bond acceptors (Lipinski definition) is 14. The molecule has 7 N–H and O–H groups in total. The maximum Gasteiger partial charge on any atom is 0.352 e. The number of aromatic nitrogens is 2. The van der Waals surface area contributed by atoms with Gasteiger partial charge in [-0.1, -0.05) is 39.6 Å². The first-order valence-electron chi connectivity index (χ1n) is 13.1. The van der Waals surface area contributed by atoms with E-state index in [1.54, 1.807) is 0 Å². The van der Waals surface area contributed by atoms with Crippen LogP contribution in [0.5, 0.6) is 11.5 Å². The number of β-lactam (4-membered cyclic amide) rings is 1. The van der Waals surface area contributed by atoms with Crippen LogP contribution in [0.3, 0.4) is 0 Å². The molecule has 0 spiro atoms. The lowest BCUT2D eigenvalue weighted by atomic mass is 10.0. The van der Waals surface area contributed by atoms with Crippen LogP contribution in [0.25, 0.3) is 17.3 Å². The number of benzene rings is 1.